The summed E-state index contributed by atoms with van der Waals surface area (Å²) in [6.07, 6.45) is 6.69. The molecule has 3 amide bonds. The monoisotopic (exact) mass is 412 g/mol. The molecule has 7 nitrogen and oxygen atoms in total. The molecular weight excluding hydrogens is 388 g/mol. The van der Waals surface area contributed by atoms with E-state index < -0.39 is 11.8 Å². The Kier molecular flexibility index (Phi) is 7.24. The van der Waals surface area contributed by atoms with Crippen molar-refractivity contribution >= 4 is 35.2 Å². The third-order valence-corrected chi connectivity index (χ3v) is 5.72. The number of para-hydroxylation sites is 1. The Hall–Kier alpha value is -2.87. The van der Waals surface area contributed by atoms with E-state index in [1.165, 1.54) is 11.8 Å². The van der Waals surface area contributed by atoms with Crippen LogP contribution in [0.15, 0.2) is 53.7 Å². The first-order valence-electron chi connectivity index (χ1n) is 9.50. The molecule has 0 atom stereocenters. The van der Waals surface area contributed by atoms with Crippen LogP contribution in [0, 0.1) is 5.92 Å². The number of aromatic nitrogens is 1. The summed E-state index contributed by atoms with van der Waals surface area (Å²) < 4.78 is 0. The molecule has 2 N–H and O–H groups in total. The predicted molar refractivity (Wildman–Crippen MR) is 113 cm³/mol. The molecule has 2 heterocycles. The molecule has 152 valence electrons. The highest BCUT2D eigenvalue weighted by Gasteiger charge is 2.25. The summed E-state index contributed by atoms with van der Waals surface area (Å²) >= 11 is 1.50. The number of thioether (sulfide) groups is 1. The van der Waals surface area contributed by atoms with Crippen LogP contribution in [0.25, 0.3) is 0 Å². The summed E-state index contributed by atoms with van der Waals surface area (Å²) in [5, 5.41) is 5.37. The Morgan fingerprint density at radius 1 is 1.10 bits per heavy atom. The average Bonchev–Trinajstić information content (AvgIpc) is 2.78. The van der Waals surface area contributed by atoms with Crippen LogP contribution in [0.3, 0.4) is 0 Å². The maximum Gasteiger partial charge on any atom is 0.313 e. The summed E-state index contributed by atoms with van der Waals surface area (Å²) in [6, 6.07) is 10.9. The normalized spacial score (nSPS) is 14.3. The van der Waals surface area contributed by atoms with Crippen LogP contribution in [-0.4, -0.2) is 53.5 Å². The number of nitrogens with one attached hydrogen (secondary N) is 2. The van der Waals surface area contributed by atoms with Crippen molar-refractivity contribution in [1.29, 1.82) is 0 Å². The first-order chi connectivity index (χ1) is 14.1. The smallest absolute Gasteiger partial charge is 0.313 e. The van der Waals surface area contributed by atoms with Gasteiger partial charge in [0, 0.05) is 36.9 Å². The lowest BCUT2D eigenvalue weighted by Crippen LogP contribution is -2.43. The second-order valence-corrected chi connectivity index (χ2v) is 7.69. The van der Waals surface area contributed by atoms with E-state index in [1.807, 2.05) is 24.5 Å². The molecule has 0 radical (unpaired) electrons. The van der Waals surface area contributed by atoms with E-state index >= 15 is 0 Å². The maximum absolute atomic E-state index is 12.4. The molecule has 0 aliphatic carbocycles. The fourth-order valence-electron chi connectivity index (χ4n) is 3.26. The van der Waals surface area contributed by atoms with Crippen molar-refractivity contribution in [1.82, 2.24) is 15.2 Å². The van der Waals surface area contributed by atoms with Crippen LogP contribution in [0.5, 0.6) is 0 Å². The minimum atomic E-state index is -0.671. The number of piperidine rings is 1. The third-order valence-electron chi connectivity index (χ3n) is 4.92. The number of pyridine rings is 1. The van der Waals surface area contributed by atoms with Gasteiger partial charge < -0.3 is 15.5 Å². The van der Waals surface area contributed by atoms with Crippen molar-refractivity contribution in [3.63, 3.8) is 0 Å². The van der Waals surface area contributed by atoms with Gasteiger partial charge in [0.1, 0.15) is 0 Å². The lowest BCUT2D eigenvalue weighted by atomic mass is 9.96. The van der Waals surface area contributed by atoms with E-state index in [2.05, 4.69) is 15.6 Å². The number of nitrogens with zero attached hydrogens (tertiary/aromatic N) is 2. The zero-order valence-electron chi connectivity index (χ0n) is 16.3. The third kappa shape index (κ3) is 5.57. The fourth-order valence-corrected chi connectivity index (χ4v) is 3.81. The van der Waals surface area contributed by atoms with Crippen molar-refractivity contribution in [2.75, 3.05) is 31.2 Å². The van der Waals surface area contributed by atoms with Crippen LogP contribution >= 0.6 is 11.8 Å². The second-order valence-electron chi connectivity index (χ2n) is 6.84. The van der Waals surface area contributed by atoms with Crippen LogP contribution in [0.2, 0.25) is 0 Å². The summed E-state index contributed by atoms with van der Waals surface area (Å²) in [4.78, 5) is 43.5. The first-order valence-corrected chi connectivity index (χ1v) is 10.7. The van der Waals surface area contributed by atoms with Crippen LogP contribution in [-0.2, 0) is 9.59 Å². The van der Waals surface area contributed by atoms with Gasteiger partial charge in [-0.2, -0.15) is 0 Å². The summed E-state index contributed by atoms with van der Waals surface area (Å²) in [5.74, 6) is -1.10. The van der Waals surface area contributed by atoms with Gasteiger partial charge in [0.05, 0.1) is 11.3 Å². The Bertz CT molecular complexity index is 867. The fraction of sp³-hybridized carbons (Fsp3) is 0.333. The number of likely N-dealkylation sites (tertiary alicyclic amines) is 1. The molecule has 1 aliphatic rings. The van der Waals surface area contributed by atoms with E-state index in [4.69, 9.17) is 0 Å². The van der Waals surface area contributed by atoms with Crippen molar-refractivity contribution in [2.45, 2.75) is 17.7 Å². The minimum Gasteiger partial charge on any atom is -0.348 e. The zero-order valence-corrected chi connectivity index (χ0v) is 17.1. The van der Waals surface area contributed by atoms with E-state index in [0.29, 0.717) is 30.9 Å². The van der Waals surface area contributed by atoms with Gasteiger partial charge in [0.25, 0.3) is 5.91 Å². The Labute approximate surface area is 174 Å². The van der Waals surface area contributed by atoms with Crippen LogP contribution in [0.1, 0.15) is 23.2 Å². The molecule has 0 bridgehead atoms. The molecule has 1 aromatic carbocycles. The van der Waals surface area contributed by atoms with Crippen molar-refractivity contribution in [2.24, 2.45) is 5.92 Å². The van der Waals surface area contributed by atoms with Gasteiger partial charge in [-0.3, -0.25) is 19.4 Å². The van der Waals surface area contributed by atoms with Crippen molar-refractivity contribution in [3.05, 3.63) is 54.4 Å². The number of amides is 3. The Morgan fingerprint density at radius 3 is 2.55 bits per heavy atom. The maximum atomic E-state index is 12.4. The number of rotatable bonds is 5. The van der Waals surface area contributed by atoms with Crippen molar-refractivity contribution < 1.29 is 14.4 Å². The van der Waals surface area contributed by atoms with E-state index in [1.54, 1.807) is 35.5 Å². The van der Waals surface area contributed by atoms with Gasteiger partial charge >= 0.3 is 11.8 Å². The molecule has 0 unspecified atom stereocenters. The molecule has 0 saturated carbocycles. The van der Waals surface area contributed by atoms with Crippen LogP contribution in [0.4, 0.5) is 5.69 Å². The van der Waals surface area contributed by atoms with E-state index in [-0.39, 0.29) is 11.8 Å². The van der Waals surface area contributed by atoms with E-state index in [0.717, 1.165) is 17.7 Å². The second kappa shape index (κ2) is 10.1. The van der Waals surface area contributed by atoms with Gasteiger partial charge in [-0.1, -0.05) is 12.1 Å². The molecule has 3 rings (SSSR count). The van der Waals surface area contributed by atoms with Crippen LogP contribution < -0.4 is 10.6 Å². The number of hydrogen-bond donors (Lipinski definition) is 2. The molecule has 8 heteroatoms. The highest BCUT2D eigenvalue weighted by atomic mass is 32.2. The first kappa shape index (κ1) is 20.9. The van der Waals surface area contributed by atoms with Gasteiger partial charge in [0.2, 0.25) is 0 Å². The predicted octanol–water partition coefficient (Wildman–Crippen LogP) is 2.41. The summed E-state index contributed by atoms with van der Waals surface area (Å²) in [7, 11) is 0. The summed E-state index contributed by atoms with van der Waals surface area (Å²) in [6.45, 7) is 1.68. The highest BCUT2D eigenvalue weighted by molar-refractivity contribution is 7.98. The molecule has 0 spiro atoms. The van der Waals surface area contributed by atoms with Gasteiger partial charge in [-0.25, -0.2) is 0 Å². The quantitative estimate of drug-likeness (QED) is 0.581. The molecule has 1 aliphatic heterocycles. The van der Waals surface area contributed by atoms with Gasteiger partial charge in [-0.05, 0) is 49.3 Å². The molecule has 29 heavy (non-hydrogen) atoms. The standard InChI is InChI=1S/C21H24N4O3S/c1-29-18-7-3-2-6-17(18)24-20(27)19(26)23-13-15-8-11-25(12-9-15)21(28)16-5-4-10-22-14-16/h2-7,10,14-15H,8-9,11-13H2,1H3,(H,23,26)(H,24,27). The SMILES string of the molecule is CSc1ccccc1NC(=O)C(=O)NCC1CCN(C(=O)c2cccnc2)CC1. The number of anilines is 1. The number of hydrogen-bond acceptors (Lipinski definition) is 5. The lowest BCUT2D eigenvalue weighted by Gasteiger charge is -2.32. The largest absolute Gasteiger partial charge is 0.348 e. The van der Waals surface area contributed by atoms with Crippen molar-refractivity contribution in [3.8, 4) is 0 Å². The highest BCUT2D eigenvalue weighted by Crippen LogP contribution is 2.24. The van der Waals surface area contributed by atoms with Gasteiger partial charge in [-0.15, -0.1) is 11.8 Å². The molecule has 2 aromatic rings. The average molecular weight is 413 g/mol. The van der Waals surface area contributed by atoms with Gasteiger partial charge in [0.15, 0.2) is 0 Å². The molecule has 1 fully saturated rings. The molecular formula is C21H24N4O3S. The summed E-state index contributed by atoms with van der Waals surface area (Å²) in [5.41, 5.74) is 1.21. The number of benzene rings is 1. The Morgan fingerprint density at radius 2 is 1.86 bits per heavy atom. The molecule has 1 saturated heterocycles. The minimum absolute atomic E-state index is 0.0209. The number of carbonyl (C=O) groups is 3. The number of carbonyl (C=O) groups excluding carboxylic acids is 3. The molecule has 1 aromatic heterocycles. The topological polar surface area (TPSA) is 91.4 Å². The lowest BCUT2D eigenvalue weighted by molar-refractivity contribution is -0.136. The van der Waals surface area contributed by atoms with E-state index in [9.17, 15) is 14.4 Å². The Balaban J connectivity index is 1.43. The zero-order chi connectivity index (χ0) is 20.6.